The normalized spacial score (nSPS) is 10.3. The molecular weight excluding hydrogens is 250 g/mol. The van der Waals surface area contributed by atoms with Crippen LogP contribution in [0.15, 0.2) is 36.4 Å². The van der Waals surface area contributed by atoms with Gasteiger partial charge in [-0.3, -0.25) is 0 Å². The average molecular weight is 264 g/mol. The molecule has 0 saturated heterocycles. The Morgan fingerprint density at radius 1 is 1.21 bits per heavy atom. The quantitative estimate of drug-likeness (QED) is 0.899. The van der Waals surface area contributed by atoms with Gasteiger partial charge in [0.2, 0.25) is 0 Å². The van der Waals surface area contributed by atoms with Gasteiger partial charge >= 0.3 is 0 Å². The van der Waals surface area contributed by atoms with Crippen molar-refractivity contribution in [2.45, 2.75) is 13.5 Å². The van der Waals surface area contributed by atoms with Crippen molar-refractivity contribution in [1.29, 1.82) is 0 Å². The topological polar surface area (TPSA) is 34.1 Å². The molecule has 2 rings (SSSR count). The Morgan fingerprint density at radius 2 is 2.05 bits per heavy atom. The van der Waals surface area contributed by atoms with E-state index in [0.29, 0.717) is 5.69 Å². The van der Waals surface area contributed by atoms with E-state index in [1.54, 1.807) is 6.07 Å². The zero-order valence-electron chi connectivity index (χ0n) is 10.5. The Hall–Kier alpha value is -2.17. The van der Waals surface area contributed by atoms with Crippen molar-refractivity contribution in [2.24, 2.45) is 0 Å². The lowest BCUT2D eigenvalue weighted by molar-refractivity contribution is 0.285. The number of anilines is 1. The predicted octanol–water partition coefficient (Wildman–Crippen LogP) is 3.37. The summed E-state index contributed by atoms with van der Waals surface area (Å²) in [7, 11) is 0. The number of hydrogen-bond donors (Lipinski definition) is 1. The third-order valence-corrected chi connectivity index (χ3v) is 2.43. The molecular formula is C14H14F2N2O. The molecule has 0 fully saturated rings. The van der Waals surface area contributed by atoms with Gasteiger partial charge in [0.05, 0.1) is 5.69 Å². The zero-order valence-corrected chi connectivity index (χ0v) is 10.5. The van der Waals surface area contributed by atoms with Crippen LogP contribution in [0, 0.1) is 11.6 Å². The maximum Gasteiger partial charge on any atom is 0.167 e. The molecule has 0 aliphatic carbocycles. The molecule has 0 aliphatic heterocycles. The smallest absolute Gasteiger partial charge is 0.167 e. The summed E-state index contributed by atoms with van der Waals surface area (Å²) < 4.78 is 31.4. The fraction of sp³-hybridized carbons (Fsp3) is 0.214. The highest BCUT2D eigenvalue weighted by molar-refractivity contribution is 5.35. The summed E-state index contributed by atoms with van der Waals surface area (Å²) in [6, 6.07) is 8.66. The van der Waals surface area contributed by atoms with E-state index in [2.05, 4.69) is 10.3 Å². The molecule has 3 nitrogen and oxygen atoms in total. The highest BCUT2D eigenvalue weighted by Gasteiger charge is 2.05. The van der Waals surface area contributed by atoms with Gasteiger partial charge in [-0.25, -0.2) is 13.8 Å². The molecule has 2 aromatic rings. The summed E-state index contributed by atoms with van der Waals surface area (Å²) in [4.78, 5) is 4.29. The van der Waals surface area contributed by atoms with E-state index in [1.165, 1.54) is 6.07 Å². The Labute approximate surface area is 110 Å². The van der Waals surface area contributed by atoms with Gasteiger partial charge in [-0.2, -0.15) is 0 Å². The third-order valence-electron chi connectivity index (χ3n) is 2.43. The molecule has 100 valence electrons. The largest absolute Gasteiger partial charge is 0.484 e. The molecule has 1 aromatic heterocycles. The Kier molecular flexibility index (Phi) is 4.28. The lowest BCUT2D eigenvalue weighted by Gasteiger charge is -2.08. The third kappa shape index (κ3) is 3.64. The zero-order chi connectivity index (χ0) is 13.7. The minimum absolute atomic E-state index is 0.0112. The van der Waals surface area contributed by atoms with E-state index in [1.807, 2.05) is 19.1 Å². The summed E-state index contributed by atoms with van der Waals surface area (Å²) in [5.74, 6) is -0.597. The van der Waals surface area contributed by atoms with E-state index < -0.39 is 11.6 Å². The monoisotopic (exact) mass is 264 g/mol. The minimum atomic E-state index is -0.720. The van der Waals surface area contributed by atoms with Gasteiger partial charge < -0.3 is 10.1 Å². The van der Waals surface area contributed by atoms with Crippen molar-refractivity contribution in [3.63, 3.8) is 0 Å². The van der Waals surface area contributed by atoms with Gasteiger partial charge in [0.15, 0.2) is 11.6 Å². The van der Waals surface area contributed by atoms with Crippen LogP contribution in [0.5, 0.6) is 5.75 Å². The van der Waals surface area contributed by atoms with E-state index in [-0.39, 0.29) is 12.4 Å². The molecule has 0 unspecified atom stereocenters. The summed E-state index contributed by atoms with van der Waals surface area (Å²) in [5.41, 5.74) is 0.669. The van der Waals surface area contributed by atoms with E-state index in [4.69, 9.17) is 4.74 Å². The minimum Gasteiger partial charge on any atom is -0.484 e. The second-order valence-electron chi connectivity index (χ2n) is 3.91. The average Bonchev–Trinajstić information content (AvgIpc) is 2.38. The molecule has 1 N–H and O–H groups in total. The van der Waals surface area contributed by atoms with Crippen molar-refractivity contribution in [3.05, 3.63) is 53.7 Å². The highest BCUT2D eigenvalue weighted by atomic mass is 19.1. The lowest BCUT2D eigenvalue weighted by Crippen LogP contribution is -2.04. The molecule has 1 aromatic carbocycles. The van der Waals surface area contributed by atoms with Crippen LogP contribution in [0.4, 0.5) is 14.6 Å². The first-order chi connectivity index (χ1) is 9.19. The number of rotatable bonds is 5. The Balaban J connectivity index is 2.03. The highest BCUT2D eigenvalue weighted by Crippen LogP contribution is 2.18. The SMILES string of the molecule is CCNc1cccc(COc2ccc(F)cc2F)n1. The molecule has 19 heavy (non-hydrogen) atoms. The van der Waals surface area contributed by atoms with Gasteiger partial charge in [0.1, 0.15) is 18.2 Å². The number of nitrogens with one attached hydrogen (secondary N) is 1. The second-order valence-corrected chi connectivity index (χ2v) is 3.91. The van der Waals surface area contributed by atoms with Gasteiger partial charge in [-0.15, -0.1) is 0 Å². The number of halogens is 2. The number of pyridine rings is 1. The molecule has 0 spiro atoms. The van der Waals surface area contributed by atoms with Crippen molar-refractivity contribution in [2.75, 3.05) is 11.9 Å². The van der Waals surface area contributed by atoms with Crippen molar-refractivity contribution in [3.8, 4) is 5.75 Å². The lowest BCUT2D eigenvalue weighted by atomic mass is 10.3. The summed E-state index contributed by atoms with van der Waals surface area (Å²) in [6.45, 7) is 2.87. The molecule has 5 heteroatoms. The number of benzene rings is 1. The predicted molar refractivity (Wildman–Crippen MR) is 69.1 cm³/mol. The first kappa shape index (κ1) is 13.3. The number of aromatic nitrogens is 1. The van der Waals surface area contributed by atoms with E-state index >= 15 is 0 Å². The van der Waals surface area contributed by atoms with Crippen LogP contribution in [-0.2, 0) is 6.61 Å². The van der Waals surface area contributed by atoms with Gasteiger partial charge in [0, 0.05) is 12.6 Å². The first-order valence-electron chi connectivity index (χ1n) is 5.96. The van der Waals surface area contributed by atoms with Crippen LogP contribution in [0.25, 0.3) is 0 Å². The van der Waals surface area contributed by atoms with Gasteiger partial charge in [0.25, 0.3) is 0 Å². The van der Waals surface area contributed by atoms with Gasteiger partial charge in [-0.05, 0) is 31.2 Å². The van der Waals surface area contributed by atoms with Crippen LogP contribution in [0.3, 0.4) is 0 Å². The molecule has 0 bridgehead atoms. The Bertz CT molecular complexity index is 561. The van der Waals surface area contributed by atoms with Crippen LogP contribution >= 0.6 is 0 Å². The molecule has 0 amide bonds. The molecule has 0 atom stereocenters. The number of hydrogen-bond acceptors (Lipinski definition) is 3. The van der Waals surface area contributed by atoms with Crippen LogP contribution in [0.1, 0.15) is 12.6 Å². The second kappa shape index (κ2) is 6.13. The molecule has 0 aliphatic rings. The molecule has 1 heterocycles. The molecule has 0 radical (unpaired) electrons. The Morgan fingerprint density at radius 3 is 2.79 bits per heavy atom. The van der Waals surface area contributed by atoms with Crippen molar-refractivity contribution >= 4 is 5.82 Å². The maximum absolute atomic E-state index is 13.4. The fourth-order valence-corrected chi connectivity index (χ4v) is 1.58. The van der Waals surface area contributed by atoms with Crippen LogP contribution in [0.2, 0.25) is 0 Å². The van der Waals surface area contributed by atoms with E-state index in [0.717, 1.165) is 24.5 Å². The first-order valence-corrected chi connectivity index (χ1v) is 5.96. The number of nitrogens with zero attached hydrogens (tertiary/aromatic N) is 1. The maximum atomic E-state index is 13.4. The van der Waals surface area contributed by atoms with Crippen molar-refractivity contribution in [1.82, 2.24) is 4.98 Å². The van der Waals surface area contributed by atoms with Gasteiger partial charge in [-0.1, -0.05) is 6.07 Å². The van der Waals surface area contributed by atoms with E-state index in [9.17, 15) is 8.78 Å². The van der Waals surface area contributed by atoms with Crippen molar-refractivity contribution < 1.29 is 13.5 Å². The van der Waals surface area contributed by atoms with Crippen LogP contribution < -0.4 is 10.1 Å². The standard InChI is InChI=1S/C14H14F2N2O/c1-2-17-14-5-3-4-11(18-14)9-19-13-7-6-10(15)8-12(13)16/h3-8H,2,9H2,1H3,(H,17,18). The summed E-state index contributed by atoms with van der Waals surface area (Å²) >= 11 is 0. The summed E-state index contributed by atoms with van der Waals surface area (Å²) in [6.07, 6.45) is 0. The van der Waals surface area contributed by atoms with Crippen LogP contribution in [-0.4, -0.2) is 11.5 Å². The molecule has 0 saturated carbocycles. The number of ether oxygens (including phenoxy) is 1. The fourth-order valence-electron chi connectivity index (χ4n) is 1.58. The summed E-state index contributed by atoms with van der Waals surface area (Å²) in [5, 5.41) is 3.07.